The predicted molar refractivity (Wildman–Crippen MR) is 98.7 cm³/mol. The molecule has 4 rings (SSSR count). The second-order valence-corrected chi connectivity index (χ2v) is 7.16. The van der Waals surface area contributed by atoms with Crippen LogP contribution in [-0.2, 0) is 4.74 Å². The van der Waals surface area contributed by atoms with Crippen LogP contribution in [0.3, 0.4) is 0 Å². The Balaban J connectivity index is 1.50. The SMILES string of the molecule is COC(=O)c1ccccc1C(=O)N1CC[C@@H](c2noc(-c3cccs3)n2)C1. The van der Waals surface area contributed by atoms with Crippen molar-refractivity contribution < 1.29 is 18.8 Å². The first kappa shape index (κ1) is 17.4. The number of hydrogen-bond donors (Lipinski definition) is 0. The Morgan fingerprint density at radius 1 is 1.22 bits per heavy atom. The summed E-state index contributed by atoms with van der Waals surface area (Å²) in [5.74, 6) is 0.404. The summed E-state index contributed by atoms with van der Waals surface area (Å²) in [5.41, 5.74) is 0.616. The highest BCUT2D eigenvalue weighted by Crippen LogP contribution is 2.30. The Labute approximate surface area is 159 Å². The zero-order valence-electron chi connectivity index (χ0n) is 14.6. The molecule has 1 saturated heterocycles. The van der Waals surface area contributed by atoms with E-state index < -0.39 is 5.97 Å². The van der Waals surface area contributed by atoms with Crippen LogP contribution in [0.4, 0.5) is 0 Å². The molecule has 138 valence electrons. The third-order valence-corrected chi connectivity index (χ3v) is 5.43. The number of thiophene rings is 1. The fourth-order valence-electron chi connectivity index (χ4n) is 3.18. The van der Waals surface area contributed by atoms with Gasteiger partial charge in [0.05, 0.1) is 23.1 Å². The number of aromatic nitrogens is 2. The average Bonchev–Trinajstić information content (AvgIpc) is 3.46. The molecular formula is C19H17N3O4S. The van der Waals surface area contributed by atoms with Gasteiger partial charge in [-0.1, -0.05) is 23.4 Å². The van der Waals surface area contributed by atoms with Crippen LogP contribution in [0, 0.1) is 0 Å². The number of methoxy groups -OCH3 is 1. The summed E-state index contributed by atoms with van der Waals surface area (Å²) in [5, 5.41) is 6.04. The van der Waals surface area contributed by atoms with Crippen molar-refractivity contribution in [3.8, 4) is 10.8 Å². The van der Waals surface area contributed by atoms with Crippen molar-refractivity contribution in [2.45, 2.75) is 12.3 Å². The molecule has 0 N–H and O–H groups in total. The minimum Gasteiger partial charge on any atom is -0.465 e. The fourth-order valence-corrected chi connectivity index (χ4v) is 3.83. The Hall–Kier alpha value is -3.00. The van der Waals surface area contributed by atoms with E-state index in [-0.39, 0.29) is 17.4 Å². The van der Waals surface area contributed by atoms with Crippen molar-refractivity contribution in [1.82, 2.24) is 15.0 Å². The van der Waals surface area contributed by atoms with E-state index in [1.165, 1.54) is 18.4 Å². The molecule has 1 aliphatic rings. The van der Waals surface area contributed by atoms with Gasteiger partial charge in [-0.05, 0) is 30.0 Å². The van der Waals surface area contributed by atoms with E-state index in [0.29, 0.717) is 30.4 Å². The molecule has 8 heteroatoms. The third-order valence-electron chi connectivity index (χ3n) is 4.58. The highest BCUT2D eigenvalue weighted by Gasteiger charge is 2.32. The van der Waals surface area contributed by atoms with Gasteiger partial charge in [-0.3, -0.25) is 4.79 Å². The summed E-state index contributed by atoms with van der Waals surface area (Å²) in [7, 11) is 1.30. The Morgan fingerprint density at radius 3 is 2.78 bits per heavy atom. The van der Waals surface area contributed by atoms with E-state index in [1.807, 2.05) is 17.5 Å². The molecule has 0 saturated carbocycles. The fraction of sp³-hybridized carbons (Fsp3) is 0.263. The van der Waals surface area contributed by atoms with Crippen molar-refractivity contribution in [3.05, 3.63) is 58.7 Å². The molecule has 0 aliphatic carbocycles. The number of likely N-dealkylation sites (tertiary alicyclic amines) is 1. The molecule has 0 bridgehead atoms. The summed E-state index contributed by atoms with van der Waals surface area (Å²) in [6.45, 7) is 1.06. The molecule has 1 amide bonds. The predicted octanol–water partition coefficient (Wildman–Crippen LogP) is 3.21. The zero-order valence-corrected chi connectivity index (χ0v) is 15.4. The number of nitrogens with zero attached hydrogens (tertiary/aromatic N) is 3. The quantitative estimate of drug-likeness (QED) is 0.643. The number of rotatable bonds is 4. The molecule has 0 unspecified atom stereocenters. The Kier molecular flexibility index (Phi) is 4.72. The van der Waals surface area contributed by atoms with Gasteiger partial charge < -0.3 is 14.2 Å². The van der Waals surface area contributed by atoms with E-state index in [1.54, 1.807) is 29.2 Å². The van der Waals surface area contributed by atoms with Crippen LogP contribution < -0.4 is 0 Å². The number of hydrogen-bond acceptors (Lipinski definition) is 7. The summed E-state index contributed by atoms with van der Waals surface area (Å²) < 4.78 is 10.1. The maximum atomic E-state index is 12.9. The summed E-state index contributed by atoms with van der Waals surface area (Å²) in [4.78, 5) is 32.0. The molecule has 3 heterocycles. The van der Waals surface area contributed by atoms with Crippen LogP contribution in [0.25, 0.3) is 10.8 Å². The van der Waals surface area contributed by atoms with Gasteiger partial charge in [0, 0.05) is 19.0 Å². The summed E-state index contributed by atoms with van der Waals surface area (Å²) >= 11 is 1.54. The first-order valence-electron chi connectivity index (χ1n) is 8.51. The molecule has 1 atom stereocenters. The van der Waals surface area contributed by atoms with Crippen LogP contribution in [0.2, 0.25) is 0 Å². The van der Waals surface area contributed by atoms with Crippen molar-refractivity contribution in [2.24, 2.45) is 0 Å². The second kappa shape index (κ2) is 7.32. The Morgan fingerprint density at radius 2 is 2.04 bits per heavy atom. The van der Waals surface area contributed by atoms with Gasteiger partial charge >= 0.3 is 5.97 Å². The minimum atomic E-state index is -0.520. The van der Waals surface area contributed by atoms with E-state index in [4.69, 9.17) is 9.26 Å². The van der Waals surface area contributed by atoms with Gasteiger partial charge in [0.1, 0.15) is 0 Å². The minimum absolute atomic E-state index is 0.0108. The van der Waals surface area contributed by atoms with Gasteiger partial charge in [0.15, 0.2) is 5.82 Å². The first-order chi connectivity index (χ1) is 13.2. The molecule has 2 aromatic heterocycles. The van der Waals surface area contributed by atoms with Crippen LogP contribution in [0.1, 0.15) is 38.9 Å². The van der Waals surface area contributed by atoms with E-state index in [9.17, 15) is 9.59 Å². The van der Waals surface area contributed by atoms with Crippen molar-refractivity contribution in [2.75, 3.05) is 20.2 Å². The van der Waals surface area contributed by atoms with Crippen LogP contribution in [-0.4, -0.2) is 47.1 Å². The normalized spacial score (nSPS) is 16.5. The molecule has 7 nitrogen and oxygen atoms in total. The topological polar surface area (TPSA) is 85.5 Å². The monoisotopic (exact) mass is 383 g/mol. The van der Waals surface area contributed by atoms with Crippen molar-refractivity contribution in [1.29, 1.82) is 0 Å². The third kappa shape index (κ3) is 3.35. The number of benzene rings is 1. The maximum Gasteiger partial charge on any atom is 0.338 e. The summed E-state index contributed by atoms with van der Waals surface area (Å²) in [6.07, 6.45) is 0.746. The van der Waals surface area contributed by atoms with Crippen LogP contribution >= 0.6 is 11.3 Å². The molecule has 1 fully saturated rings. The molecule has 27 heavy (non-hydrogen) atoms. The standard InChI is InChI=1S/C19H17N3O4S/c1-25-19(24)14-6-3-2-5-13(14)18(23)22-9-8-12(11-22)16-20-17(26-21-16)15-7-4-10-27-15/h2-7,10,12H,8-9,11H2,1H3/t12-/m1/s1. The zero-order chi connectivity index (χ0) is 18.8. The molecule has 0 spiro atoms. The van der Waals surface area contributed by atoms with Gasteiger partial charge in [0.25, 0.3) is 11.8 Å². The molecule has 0 radical (unpaired) electrons. The van der Waals surface area contributed by atoms with Gasteiger partial charge in [0.2, 0.25) is 0 Å². The van der Waals surface area contributed by atoms with Crippen LogP contribution in [0.5, 0.6) is 0 Å². The highest BCUT2D eigenvalue weighted by atomic mass is 32.1. The first-order valence-corrected chi connectivity index (χ1v) is 9.39. The van der Waals surface area contributed by atoms with Crippen molar-refractivity contribution in [3.63, 3.8) is 0 Å². The lowest BCUT2D eigenvalue weighted by atomic mass is 10.1. The molecular weight excluding hydrogens is 366 g/mol. The van der Waals surface area contributed by atoms with Crippen LogP contribution in [0.15, 0.2) is 46.3 Å². The van der Waals surface area contributed by atoms with Gasteiger partial charge in [-0.2, -0.15) is 4.98 Å². The van der Waals surface area contributed by atoms with E-state index >= 15 is 0 Å². The number of carbonyl (C=O) groups is 2. The van der Waals surface area contributed by atoms with Crippen molar-refractivity contribution >= 4 is 23.2 Å². The molecule has 1 aliphatic heterocycles. The lowest BCUT2D eigenvalue weighted by molar-refractivity contribution is 0.0592. The number of amides is 1. The lowest BCUT2D eigenvalue weighted by Crippen LogP contribution is -2.30. The molecule has 1 aromatic carbocycles. The van der Waals surface area contributed by atoms with Gasteiger partial charge in [-0.25, -0.2) is 4.79 Å². The number of carbonyl (C=O) groups excluding carboxylic acids is 2. The van der Waals surface area contributed by atoms with E-state index in [0.717, 1.165) is 11.3 Å². The average molecular weight is 383 g/mol. The Bertz CT molecular complexity index is 967. The maximum absolute atomic E-state index is 12.9. The number of esters is 1. The largest absolute Gasteiger partial charge is 0.465 e. The molecule has 3 aromatic rings. The van der Waals surface area contributed by atoms with E-state index in [2.05, 4.69) is 10.1 Å². The number of ether oxygens (including phenoxy) is 1. The highest BCUT2D eigenvalue weighted by molar-refractivity contribution is 7.13. The lowest BCUT2D eigenvalue weighted by Gasteiger charge is -2.17. The van der Waals surface area contributed by atoms with Gasteiger partial charge in [-0.15, -0.1) is 11.3 Å². The smallest absolute Gasteiger partial charge is 0.338 e. The summed E-state index contributed by atoms with van der Waals surface area (Å²) in [6, 6.07) is 10.5. The second-order valence-electron chi connectivity index (χ2n) is 6.21.